The lowest BCUT2D eigenvalue weighted by Crippen LogP contribution is -2.39. The monoisotopic (exact) mass is 353 g/mol. The molecule has 1 atom stereocenters. The lowest BCUT2D eigenvalue weighted by molar-refractivity contribution is -0.132. The minimum Gasteiger partial charge on any atom is -0.491 e. The van der Waals surface area contributed by atoms with Crippen LogP contribution in [0, 0.1) is 6.92 Å². The molecular formula is C20H23N3O3. The van der Waals surface area contributed by atoms with E-state index in [1.54, 1.807) is 4.90 Å². The van der Waals surface area contributed by atoms with Crippen LogP contribution in [0.4, 0.5) is 4.79 Å². The molecule has 136 valence electrons. The highest BCUT2D eigenvalue weighted by molar-refractivity contribution is 5.79. The third-order valence-electron chi connectivity index (χ3n) is 4.45. The molecule has 0 bridgehead atoms. The van der Waals surface area contributed by atoms with E-state index >= 15 is 0 Å². The third-order valence-corrected chi connectivity index (χ3v) is 4.45. The van der Waals surface area contributed by atoms with E-state index in [0.717, 1.165) is 22.4 Å². The Morgan fingerprint density at radius 1 is 1.23 bits per heavy atom. The second kappa shape index (κ2) is 7.91. The van der Waals surface area contributed by atoms with Gasteiger partial charge in [-0.1, -0.05) is 48.0 Å². The van der Waals surface area contributed by atoms with Crippen LogP contribution in [-0.4, -0.2) is 30.0 Å². The second-order valence-electron chi connectivity index (χ2n) is 6.45. The molecule has 0 saturated carbocycles. The fourth-order valence-corrected chi connectivity index (χ4v) is 3.15. The maximum Gasteiger partial charge on any atom is 0.312 e. The first-order chi connectivity index (χ1) is 12.5. The number of amides is 3. The smallest absolute Gasteiger partial charge is 0.312 e. The van der Waals surface area contributed by atoms with E-state index in [-0.39, 0.29) is 12.3 Å². The lowest BCUT2D eigenvalue weighted by Gasteiger charge is -2.24. The number of ether oxygens (including phenoxy) is 1. The van der Waals surface area contributed by atoms with Crippen molar-refractivity contribution in [1.29, 1.82) is 0 Å². The van der Waals surface area contributed by atoms with E-state index in [9.17, 15) is 9.59 Å². The Hall–Kier alpha value is -3.02. The molecule has 0 spiro atoms. The summed E-state index contributed by atoms with van der Waals surface area (Å²) in [5, 5.41) is 2.69. The minimum atomic E-state index is -0.645. The summed E-state index contributed by atoms with van der Waals surface area (Å²) in [7, 11) is 0. The number of nitrogens with two attached hydrogens (primary N) is 1. The molecule has 1 heterocycles. The largest absolute Gasteiger partial charge is 0.491 e. The summed E-state index contributed by atoms with van der Waals surface area (Å²) in [4.78, 5) is 26.1. The van der Waals surface area contributed by atoms with Crippen LogP contribution in [0.2, 0.25) is 0 Å². The van der Waals surface area contributed by atoms with Gasteiger partial charge in [-0.25, -0.2) is 4.79 Å². The number of carbonyl (C=O) groups excluding carboxylic acids is 2. The summed E-state index contributed by atoms with van der Waals surface area (Å²) in [5.41, 5.74) is 8.22. The molecule has 1 aliphatic rings. The van der Waals surface area contributed by atoms with Crippen molar-refractivity contribution in [2.45, 2.75) is 25.9 Å². The van der Waals surface area contributed by atoms with Crippen LogP contribution in [0.5, 0.6) is 5.75 Å². The third kappa shape index (κ3) is 4.33. The summed E-state index contributed by atoms with van der Waals surface area (Å²) >= 11 is 0. The molecule has 26 heavy (non-hydrogen) atoms. The van der Waals surface area contributed by atoms with Gasteiger partial charge in [0.1, 0.15) is 12.4 Å². The number of hydrogen-bond donors (Lipinski definition) is 2. The molecule has 0 aromatic heterocycles. The quantitative estimate of drug-likeness (QED) is 0.886. The molecule has 0 fully saturated rings. The van der Waals surface area contributed by atoms with Crippen molar-refractivity contribution in [3.05, 3.63) is 65.2 Å². The molecule has 3 amide bonds. The van der Waals surface area contributed by atoms with Crippen LogP contribution in [0.25, 0.3) is 0 Å². The van der Waals surface area contributed by atoms with Crippen LogP contribution in [0.1, 0.15) is 29.2 Å². The normalized spacial score (nSPS) is 14.6. The Morgan fingerprint density at radius 3 is 2.81 bits per heavy atom. The van der Waals surface area contributed by atoms with Crippen LogP contribution in [-0.2, 0) is 11.3 Å². The molecule has 6 heteroatoms. The number of primary amides is 1. The van der Waals surface area contributed by atoms with E-state index < -0.39 is 12.1 Å². The number of nitrogens with zero attached hydrogens (tertiary/aromatic N) is 1. The van der Waals surface area contributed by atoms with E-state index in [4.69, 9.17) is 10.5 Å². The average Bonchev–Trinajstić information content (AvgIpc) is 2.83. The van der Waals surface area contributed by atoms with Crippen molar-refractivity contribution >= 4 is 11.9 Å². The zero-order chi connectivity index (χ0) is 18.5. The second-order valence-corrected chi connectivity index (χ2v) is 6.45. The molecule has 6 nitrogen and oxygen atoms in total. The number of carbonyl (C=O) groups is 2. The maximum absolute atomic E-state index is 12.9. The fraction of sp³-hybridized carbons (Fsp3) is 0.300. The molecule has 3 rings (SSSR count). The highest BCUT2D eigenvalue weighted by Gasteiger charge is 2.24. The van der Waals surface area contributed by atoms with Gasteiger partial charge in [0.15, 0.2) is 0 Å². The number of hydrogen-bond acceptors (Lipinski definition) is 3. The van der Waals surface area contributed by atoms with Crippen LogP contribution < -0.4 is 15.8 Å². The van der Waals surface area contributed by atoms with Crippen LogP contribution >= 0.6 is 0 Å². The van der Waals surface area contributed by atoms with Gasteiger partial charge in [-0.05, 0) is 18.6 Å². The summed E-state index contributed by atoms with van der Waals surface area (Å²) < 4.78 is 5.72. The van der Waals surface area contributed by atoms with Gasteiger partial charge in [0.25, 0.3) is 0 Å². The van der Waals surface area contributed by atoms with Crippen molar-refractivity contribution in [1.82, 2.24) is 10.2 Å². The highest BCUT2D eigenvalue weighted by Crippen LogP contribution is 2.24. The highest BCUT2D eigenvalue weighted by atomic mass is 16.5. The molecule has 2 aromatic carbocycles. The van der Waals surface area contributed by atoms with Gasteiger partial charge in [-0.3, -0.25) is 4.79 Å². The first-order valence-corrected chi connectivity index (χ1v) is 8.64. The molecular weight excluding hydrogens is 330 g/mol. The van der Waals surface area contributed by atoms with E-state index in [0.29, 0.717) is 19.7 Å². The van der Waals surface area contributed by atoms with E-state index in [1.165, 1.54) is 0 Å². The summed E-state index contributed by atoms with van der Waals surface area (Å²) in [6.07, 6.45) is 0.147. The standard InChI is InChI=1S/C20H23N3O3/c1-14-5-4-7-15(11-14)17(22-20(21)25)12-19(24)23-9-10-26-18-8-3-2-6-16(18)13-23/h2-8,11,17H,9-10,12-13H2,1H3,(H3,21,22,25). The Bertz CT molecular complexity index is 806. The van der Waals surface area contributed by atoms with Gasteiger partial charge in [-0.2, -0.15) is 0 Å². The first kappa shape index (κ1) is 17.8. The summed E-state index contributed by atoms with van der Waals surface area (Å²) in [6, 6.07) is 14.3. The van der Waals surface area contributed by atoms with Crippen LogP contribution in [0.3, 0.4) is 0 Å². The van der Waals surface area contributed by atoms with Gasteiger partial charge < -0.3 is 20.7 Å². The number of benzene rings is 2. The molecule has 1 unspecified atom stereocenters. The summed E-state index contributed by atoms with van der Waals surface area (Å²) in [6.45, 7) is 3.41. The van der Waals surface area contributed by atoms with Crippen molar-refractivity contribution in [3.63, 3.8) is 0 Å². The average molecular weight is 353 g/mol. The van der Waals surface area contributed by atoms with Crippen molar-refractivity contribution in [2.24, 2.45) is 5.73 Å². The Kier molecular flexibility index (Phi) is 5.41. The SMILES string of the molecule is Cc1cccc(C(CC(=O)N2CCOc3ccccc3C2)NC(N)=O)c1. The maximum atomic E-state index is 12.9. The van der Waals surface area contributed by atoms with Gasteiger partial charge in [0.2, 0.25) is 5.91 Å². The van der Waals surface area contributed by atoms with Gasteiger partial charge in [-0.15, -0.1) is 0 Å². The van der Waals surface area contributed by atoms with E-state index in [2.05, 4.69) is 5.32 Å². The minimum absolute atomic E-state index is 0.0504. The molecule has 0 aliphatic carbocycles. The van der Waals surface area contributed by atoms with E-state index in [1.807, 2.05) is 55.5 Å². The van der Waals surface area contributed by atoms with Crippen LogP contribution in [0.15, 0.2) is 48.5 Å². The summed E-state index contributed by atoms with van der Waals surface area (Å²) in [5.74, 6) is 0.763. The number of para-hydroxylation sites is 1. The number of nitrogens with one attached hydrogen (secondary N) is 1. The predicted octanol–water partition coefficient (Wildman–Crippen LogP) is 2.52. The zero-order valence-corrected chi connectivity index (χ0v) is 14.8. The van der Waals surface area contributed by atoms with Crippen molar-refractivity contribution < 1.29 is 14.3 Å². The van der Waals surface area contributed by atoms with Gasteiger partial charge >= 0.3 is 6.03 Å². The topological polar surface area (TPSA) is 84.7 Å². The molecule has 2 aromatic rings. The molecule has 0 radical (unpaired) electrons. The zero-order valence-electron chi connectivity index (χ0n) is 14.8. The van der Waals surface area contributed by atoms with Gasteiger partial charge in [0, 0.05) is 12.1 Å². The molecule has 3 N–H and O–H groups in total. The Morgan fingerprint density at radius 2 is 2.04 bits per heavy atom. The van der Waals surface area contributed by atoms with Crippen molar-refractivity contribution in [2.75, 3.05) is 13.2 Å². The lowest BCUT2D eigenvalue weighted by atomic mass is 10.0. The Balaban J connectivity index is 1.76. The fourth-order valence-electron chi connectivity index (χ4n) is 3.15. The van der Waals surface area contributed by atoms with Gasteiger partial charge in [0.05, 0.1) is 19.0 Å². The number of urea groups is 1. The molecule has 0 saturated heterocycles. The number of fused-ring (bicyclic) bond motifs is 1. The van der Waals surface area contributed by atoms with Crippen molar-refractivity contribution in [3.8, 4) is 5.75 Å². The Labute approximate surface area is 152 Å². The first-order valence-electron chi connectivity index (χ1n) is 8.64. The number of aryl methyl sites for hydroxylation is 1. The predicted molar refractivity (Wildman–Crippen MR) is 98.6 cm³/mol. The number of rotatable bonds is 4. The molecule has 1 aliphatic heterocycles.